The number of halogens is 1. The minimum absolute atomic E-state index is 0.132. The predicted octanol–water partition coefficient (Wildman–Crippen LogP) is 2.97. The molecule has 0 atom stereocenters. The molecule has 0 saturated carbocycles. The SMILES string of the molecule is N/C(=C\N(N)CCO)c1cccc(Cl)c1-c1ccc2c(=O)n(-c3cncc4ccccc34)c(=O)[nH]c2c1. The van der Waals surface area contributed by atoms with Gasteiger partial charge in [0.2, 0.25) is 0 Å². The summed E-state index contributed by atoms with van der Waals surface area (Å²) in [6, 6.07) is 17.8. The number of rotatable bonds is 6. The van der Waals surface area contributed by atoms with Crippen LogP contribution in [0.5, 0.6) is 0 Å². The van der Waals surface area contributed by atoms with E-state index in [0.717, 1.165) is 15.3 Å². The van der Waals surface area contributed by atoms with Gasteiger partial charge in [-0.3, -0.25) is 9.78 Å². The van der Waals surface area contributed by atoms with Gasteiger partial charge in [0, 0.05) is 39.3 Å². The number of nitrogens with zero attached hydrogens (tertiary/aromatic N) is 3. The number of aromatic nitrogens is 3. The number of hydrazine groups is 1. The zero-order valence-electron chi connectivity index (χ0n) is 19.6. The molecule has 0 aliphatic rings. The summed E-state index contributed by atoms with van der Waals surface area (Å²) in [6.07, 6.45) is 4.69. The van der Waals surface area contributed by atoms with Gasteiger partial charge in [-0.1, -0.05) is 54.1 Å². The number of nitrogens with one attached hydrogen (secondary N) is 1. The molecule has 6 N–H and O–H groups in total. The number of aliphatic hydroxyl groups is 1. The summed E-state index contributed by atoms with van der Waals surface area (Å²) >= 11 is 6.57. The summed E-state index contributed by atoms with van der Waals surface area (Å²) in [5.74, 6) is 5.86. The Kier molecular flexibility index (Phi) is 6.49. The molecular weight excluding hydrogens is 492 g/mol. The van der Waals surface area contributed by atoms with Crippen LogP contribution in [0.15, 0.2) is 88.8 Å². The lowest BCUT2D eigenvalue weighted by molar-refractivity contribution is 0.239. The number of H-pyrrole nitrogens is 1. The third-order valence-corrected chi connectivity index (χ3v) is 6.38. The van der Waals surface area contributed by atoms with Crippen molar-refractivity contribution in [2.45, 2.75) is 0 Å². The highest BCUT2D eigenvalue weighted by Gasteiger charge is 2.16. The summed E-state index contributed by atoms with van der Waals surface area (Å²) in [5, 5.41) is 12.7. The summed E-state index contributed by atoms with van der Waals surface area (Å²) in [7, 11) is 0. The normalized spacial score (nSPS) is 11.8. The van der Waals surface area contributed by atoms with Crippen LogP contribution < -0.4 is 22.8 Å². The van der Waals surface area contributed by atoms with Crippen molar-refractivity contribution >= 4 is 39.0 Å². The van der Waals surface area contributed by atoms with Gasteiger partial charge < -0.3 is 20.8 Å². The molecule has 3 aromatic carbocycles. The van der Waals surface area contributed by atoms with Crippen molar-refractivity contribution < 1.29 is 5.11 Å². The van der Waals surface area contributed by atoms with Gasteiger partial charge in [-0.2, -0.15) is 0 Å². The van der Waals surface area contributed by atoms with Crippen LogP contribution in [0.4, 0.5) is 0 Å². The fourth-order valence-electron chi connectivity index (χ4n) is 4.36. The second kappa shape index (κ2) is 9.90. The first-order valence-corrected chi connectivity index (χ1v) is 11.8. The molecule has 0 aliphatic heterocycles. The number of aliphatic hydroxyl groups excluding tert-OH is 1. The molecule has 0 spiro atoms. The van der Waals surface area contributed by atoms with Gasteiger partial charge in [0.1, 0.15) is 0 Å². The molecule has 186 valence electrons. The molecule has 5 rings (SSSR count). The molecule has 0 radical (unpaired) electrons. The van der Waals surface area contributed by atoms with Crippen LogP contribution in [0.1, 0.15) is 5.56 Å². The van der Waals surface area contributed by atoms with Crippen LogP contribution in [0.2, 0.25) is 5.02 Å². The Morgan fingerprint density at radius 2 is 1.89 bits per heavy atom. The lowest BCUT2D eigenvalue weighted by Gasteiger charge is -2.17. The fourth-order valence-corrected chi connectivity index (χ4v) is 4.64. The maximum absolute atomic E-state index is 13.5. The molecule has 2 aromatic heterocycles. The molecule has 0 bridgehead atoms. The monoisotopic (exact) mass is 514 g/mol. The maximum Gasteiger partial charge on any atom is 0.333 e. The van der Waals surface area contributed by atoms with E-state index in [2.05, 4.69) is 9.97 Å². The summed E-state index contributed by atoms with van der Waals surface area (Å²) in [5.41, 5.74) is 8.20. The van der Waals surface area contributed by atoms with Crippen molar-refractivity contribution in [3.05, 3.63) is 111 Å². The lowest BCUT2D eigenvalue weighted by atomic mass is 9.97. The highest BCUT2D eigenvalue weighted by Crippen LogP contribution is 2.35. The third-order valence-electron chi connectivity index (χ3n) is 6.06. The number of fused-ring (bicyclic) bond motifs is 2. The van der Waals surface area contributed by atoms with Crippen molar-refractivity contribution in [3.63, 3.8) is 0 Å². The Labute approximate surface area is 215 Å². The third kappa shape index (κ3) is 4.47. The highest BCUT2D eigenvalue weighted by molar-refractivity contribution is 6.33. The van der Waals surface area contributed by atoms with E-state index in [1.807, 2.05) is 24.3 Å². The molecule has 5 aromatic rings. The molecule has 10 heteroatoms. The average Bonchev–Trinajstić information content (AvgIpc) is 2.88. The summed E-state index contributed by atoms with van der Waals surface area (Å²) < 4.78 is 1.09. The quantitative estimate of drug-likeness (QED) is 0.201. The number of benzene rings is 3. The molecule has 9 nitrogen and oxygen atoms in total. The van der Waals surface area contributed by atoms with Crippen molar-refractivity contribution in [3.8, 4) is 16.8 Å². The van der Waals surface area contributed by atoms with E-state index in [1.54, 1.807) is 42.6 Å². The molecule has 0 aliphatic carbocycles. The zero-order chi connectivity index (χ0) is 26.1. The molecule has 0 fully saturated rings. The predicted molar refractivity (Wildman–Crippen MR) is 146 cm³/mol. The number of hydrogen-bond donors (Lipinski definition) is 4. The van der Waals surface area contributed by atoms with E-state index in [1.165, 1.54) is 17.4 Å². The first-order valence-electron chi connectivity index (χ1n) is 11.4. The van der Waals surface area contributed by atoms with Crippen LogP contribution in [0.25, 0.3) is 44.2 Å². The number of aromatic amines is 1. The Balaban J connectivity index is 1.68. The number of pyridine rings is 1. The highest BCUT2D eigenvalue weighted by atomic mass is 35.5. The minimum Gasteiger partial charge on any atom is -0.397 e. The van der Waals surface area contributed by atoms with Crippen LogP contribution >= 0.6 is 11.6 Å². The Hall–Kier alpha value is -4.44. The van der Waals surface area contributed by atoms with Gasteiger partial charge in [0.05, 0.1) is 41.6 Å². The molecule has 0 saturated heterocycles. The van der Waals surface area contributed by atoms with E-state index in [4.69, 9.17) is 28.3 Å². The Morgan fingerprint density at radius 3 is 2.70 bits per heavy atom. The fraction of sp³-hybridized carbons (Fsp3) is 0.0741. The Morgan fingerprint density at radius 1 is 1.08 bits per heavy atom. The molecular formula is C27H23ClN6O3. The van der Waals surface area contributed by atoms with Crippen molar-refractivity contribution in [2.75, 3.05) is 13.2 Å². The largest absolute Gasteiger partial charge is 0.397 e. The molecule has 0 amide bonds. The molecule has 2 heterocycles. The van der Waals surface area contributed by atoms with Crippen molar-refractivity contribution in [1.82, 2.24) is 19.5 Å². The average molecular weight is 515 g/mol. The van der Waals surface area contributed by atoms with E-state index in [9.17, 15) is 9.59 Å². The van der Waals surface area contributed by atoms with Gasteiger partial charge >= 0.3 is 5.69 Å². The van der Waals surface area contributed by atoms with Crippen LogP contribution in [-0.4, -0.2) is 37.8 Å². The van der Waals surface area contributed by atoms with Gasteiger partial charge in [-0.05, 0) is 23.8 Å². The van der Waals surface area contributed by atoms with Crippen molar-refractivity contribution in [2.24, 2.45) is 11.6 Å². The van der Waals surface area contributed by atoms with Crippen LogP contribution in [-0.2, 0) is 0 Å². The van der Waals surface area contributed by atoms with Crippen LogP contribution in [0.3, 0.4) is 0 Å². The van der Waals surface area contributed by atoms with E-state index in [0.29, 0.717) is 44.0 Å². The topological polar surface area (TPSA) is 143 Å². The molecule has 37 heavy (non-hydrogen) atoms. The van der Waals surface area contributed by atoms with E-state index in [-0.39, 0.29) is 13.2 Å². The van der Waals surface area contributed by atoms with Gasteiger partial charge in [0.15, 0.2) is 0 Å². The minimum atomic E-state index is -0.589. The number of hydrogen-bond acceptors (Lipinski definition) is 7. The Bertz CT molecular complexity index is 1790. The van der Waals surface area contributed by atoms with Gasteiger partial charge in [-0.15, -0.1) is 0 Å². The lowest BCUT2D eigenvalue weighted by Crippen LogP contribution is -2.33. The first-order chi connectivity index (χ1) is 17.9. The van der Waals surface area contributed by atoms with E-state index < -0.39 is 11.2 Å². The summed E-state index contributed by atoms with van der Waals surface area (Å²) in [6.45, 7) is 0.0688. The van der Waals surface area contributed by atoms with Gasteiger partial charge in [0.25, 0.3) is 5.56 Å². The second-order valence-electron chi connectivity index (χ2n) is 8.42. The maximum atomic E-state index is 13.5. The van der Waals surface area contributed by atoms with E-state index >= 15 is 0 Å². The zero-order valence-corrected chi connectivity index (χ0v) is 20.3. The van der Waals surface area contributed by atoms with Crippen molar-refractivity contribution in [1.29, 1.82) is 0 Å². The molecule has 0 unspecified atom stereocenters. The second-order valence-corrected chi connectivity index (χ2v) is 8.83. The van der Waals surface area contributed by atoms with Crippen LogP contribution in [0, 0.1) is 0 Å². The standard InChI is InChI=1S/C27H23ClN6O3/c28-21-7-3-6-19(22(29)15-33(30)10-11-35)25(21)16-8-9-20-23(12-16)32-27(37)34(26(20)36)24-14-31-13-17-4-1-2-5-18(17)24/h1-9,12-15,35H,10-11,29-30H2,(H,32,37)/b22-15-. The number of nitrogens with two attached hydrogens (primary N) is 2. The summed E-state index contributed by atoms with van der Waals surface area (Å²) in [4.78, 5) is 33.7. The first kappa shape index (κ1) is 24.3. The van der Waals surface area contributed by atoms with Gasteiger partial charge in [-0.25, -0.2) is 15.2 Å². The smallest absolute Gasteiger partial charge is 0.333 e.